The predicted molar refractivity (Wildman–Crippen MR) is 74.8 cm³/mol. The summed E-state index contributed by atoms with van der Waals surface area (Å²) in [4.78, 5) is 2.27. The van der Waals surface area contributed by atoms with Gasteiger partial charge >= 0.3 is 0 Å². The monoisotopic (exact) mass is 265 g/mol. The van der Waals surface area contributed by atoms with Gasteiger partial charge in [0.2, 0.25) is 0 Å². The van der Waals surface area contributed by atoms with Crippen LogP contribution in [0.1, 0.15) is 25.3 Å². The van der Waals surface area contributed by atoms with Crippen LogP contribution >= 0.6 is 0 Å². The summed E-state index contributed by atoms with van der Waals surface area (Å²) >= 11 is 0. The maximum atomic E-state index is 10.9. The first-order chi connectivity index (χ1) is 9.00. The third kappa shape index (κ3) is 2.69. The summed E-state index contributed by atoms with van der Waals surface area (Å²) in [5.74, 6) is 1.36. The van der Waals surface area contributed by atoms with Crippen molar-refractivity contribution in [1.29, 1.82) is 0 Å². The van der Waals surface area contributed by atoms with Crippen LogP contribution in [0.5, 0.6) is 11.5 Å². The van der Waals surface area contributed by atoms with E-state index >= 15 is 0 Å². The Morgan fingerprint density at radius 2 is 1.95 bits per heavy atom. The van der Waals surface area contributed by atoms with Gasteiger partial charge in [-0.05, 0) is 44.5 Å². The van der Waals surface area contributed by atoms with E-state index in [1.165, 1.54) is 0 Å². The van der Waals surface area contributed by atoms with Gasteiger partial charge in [0.05, 0.1) is 19.8 Å². The lowest BCUT2D eigenvalue weighted by atomic mass is 9.81. The van der Waals surface area contributed by atoms with Crippen LogP contribution in [0.3, 0.4) is 0 Å². The van der Waals surface area contributed by atoms with Crippen molar-refractivity contribution in [2.75, 3.05) is 27.8 Å². The minimum Gasteiger partial charge on any atom is -0.493 e. The number of rotatable bonds is 3. The zero-order valence-corrected chi connectivity index (χ0v) is 12.1. The van der Waals surface area contributed by atoms with E-state index in [9.17, 15) is 5.11 Å². The van der Waals surface area contributed by atoms with Gasteiger partial charge in [-0.2, -0.15) is 0 Å². The van der Waals surface area contributed by atoms with Crippen LogP contribution in [-0.2, 0) is 5.60 Å². The van der Waals surface area contributed by atoms with Crippen molar-refractivity contribution >= 4 is 0 Å². The normalized spacial score (nSPS) is 28.2. The quantitative estimate of drug-likeness (QED) is 0.907. The molecular formula is C15H23NO3. The first kappa shape index (κ1) is 14.2. The number of piperidine rings is 1. The Labute approximate surface area is 114 Å². The molecule has 0 bridgehead atoms. The second kappa shape index (κ2) is 5.39. The Kier molecular flexibility index (Phi) is 4.02. The molecule has 4 heteroatoms. The van der Waals surface area contributed by atoms with Crippen molar-refractivity contribution in [2.45, 2.75) is 31.4 Å². The molecule has 106 valence electrons. The minimum atomic E-state index is -0.772. The summed E-state index contributed by atoms with van der Waals surface area (Å²) in [6, 6.07) is 6.04. The zero-order valence-electron chi connectivity index (χ0n) is 12.1. The fourth-order valence-electron chi connectivity index (χ4n) is 2.72. The highest BCUT2D eigenvalue weighted by atomic mass is 16.5. The average Bonchev–Trinajstić information content (AvgIpc) is 2.42. The Hall–Kier alpha value is -1.26. The lowest BCUT2D eigenvalue weighted by molar-refractivity contribution is -0.0409. The third-order valence-corrected chi connectivity index (χ3v) is 4.18. The van der Waals surface area contributed by atoms with Crippen LogP contribution in [0.4, 0.5) is 0 Å². The molecule has 1 heterocycles. The van der Waals surface area contributed by atoms with Crippen LogP contribution in [0.15, 0.2) is 18.2 Å². The molecule has 4 nitrogen and oxygen atoms in total. The highest BCUT2D eigenvalue weighted by Crippen LogP contribution is 2.39. The van der Waals surface area contributed by atoms with Crippen LogP contribution in [0.25, 0.3) is 0 Å². The number of benzene rings is 1. The molecule has 0 aliphatic carbocycles. The zero-order chi connectivity index (χ0) is 14.0. The molecule has 1 fully saturated rings. The van der Waals surface area contributed by atoms with Gasteiger partial charge in [-0.15, -0.1) is 0 Å². The molecule has 1 aliphatic rings. The number of methoxy groups -OCH3 is 2. The van der Waals surface area contributed by atoms with Crippen molar-refractivity contribution < 1.29 is 14.6 Å². The van der Waals surface area contributed by atoms with Crippen molar-refractivity contribution in [3.05, 3.63) is 23.8 Å². The molecule has 2 unspecified atom stereocenters. The van der Waals surface area contributed by atoms with E-state index in [1.807, 2.05) is 18.2 Å². The summed E-state index contributed by atoms with van der Waals surface area (Å²) in [5.41, 5.74) is 0.135. The van der Waals surface area contributed by atoms with E-state index in [0.717, 1.165) is 24.9 Å². The first-order valence-electron chi connectivity index (χ1n) is 6.65. The summed E-state index contributed by atoms with van der Waals surface area (Å²) in [7, 11) is 5.33. The van der Waals surface area contributed by atoms with Gasteiger partial charge in [-0.3, -0.25) is 0 Å². The maximum Gasteiger partial charge on any atom is 0.161 e. The van der Waals surface area contributed by atoms with Crippen LogP contribution in [0.2, 0.25) is 0 Å². The van der Waals surface area contributed by atoms with Crippen LogP contribution < -0.4 is 9.47 Å². The van der Waals surface area contributed by atoms with E-state index in [1.54, 1.807) is 14.2 Å². The number of hydrogen-bond donors (Lipinski definition) is 1. The third-order valence-electron chi connectivity index (χ3n) is 4.18. The van der Waals surface area contributed by atoms with Crippen molar-refractivity contribution in [2.24, 2.45) is 0 Å². The number of ether oxygens (including phenoxy) is 2. The molecule has 19 heavy (non-hydrogen) atoms. The summed E-state index contributed by atoms with van der Waals surface area (Å²) in [5, 5.41) is 10.9. The second-order valence-corrected chi connectivity index (χ2v) is 5.39. The Morgan fingerprint density at radius 3 is 2.53 bits per heavy atom. The lowest BCUT2D eigenvalue weighted by Crippen LogP contribution is -2.45. The molecular weight excluding hydrogens is 242 g/mol. The van der Waals surface area contributed by atoms with Crippen molar-refractivity contribution in [3.63, 3.8) is 0 Å². The number of aliphatic hydroxyl groups is 1. The van der Waals surface area contributed by atoms with E-state index in [-0.39, 0.29) is 0 Å². The number of nitrogens with zero attached hydrogens (tertiary/aromatic N) is 1. The number of likely N-dealkylation sites (tertiary alicyclic amines) is 1. The van der Waals surface area contributed by atoms with E-state index in [0.29, 0.717) is 17.5 Å². The van der Waals surface area contributed by atoms with Crippen LogP contribution in [0, 0.1) is 0 Å². The van der Waals surface area contributed by atoms with Gasteiger partial charge in [0.25, 0.3) is 0 Å². The highest BCUT2D eigenvalue weighted by molar-refractivity contribution is 5.44. The molecule has 0 aromatic heterocycles. The highest BCUT2D eigenvalue weighted by Gasteiger charge is 2.37. The molecule has 1 aromatic rings. The molecule has 1 saturated heterocycles. The molecule has 1 N–H and O–H groups in total. The predicted octanol–water partition coefficient (Wildman–Crippen LogP) is 2.01. The standard InChI is InChI=1S/C15H23NO3/c1-11-10-15(17,7-8-16(11)2)12-5-6-13(18-3)14(9-12)19-4/h5-6,9,11,17H,7-8,10H2,1-4H3. The SMILES string of the molecule is COc1ccc(C2(O)CCN(C)C(C)C2)cc1OC. The largest absolute Gasteiger partial charge is 0.493 e. The molecule has 0 radical (unpaired) electrons. The molecule has 0 spiro atoms. The smallest absolute Gasteiger partial charge is 0.161 e. The van der Waals surface area contributed by atoms with E-state index < -0.39 is 5.60 Å². The fraction of sp³-hybridized carbons (Fsp3) is 0.600. The molecule has 0 saturated carbocycles. The molecule has 2 atom stereocenters. The summed E-state index contributed by atoms with van der Waals surface area (Å²) in [6.07, 6.45) is 1.47. The van der Waals surface area contributed by atoms with Crippen LogP contribution in [-0.4, -0.2) is 43.9 Å². The molecule has 1 aromatic carbocycles. The van der Waals surface area contributed by atoms with E-state index in [2.05, 4.69) is 18.9 Å². The van der Waals surface area contributed by atoms with Gasteiger partial charge in [0.15, 0.2) is 11.5 Å². The second-order valence-electron chi connectivity index (χ2n) is 5.39. The number of hydrogen-bond acceptors (Lipinski definition) is 4. The molecule has 1 aliphatic heterocycles. The summed E-state index contributed by atoms with van der Waals surface area (Å²) < 4.78 is 10.5. The van der Waals surface area contributed by atoms with Gasteiger partial charge in [0, 0.05) is 12.6 Å². The fourth-order valence-corrected chi connectivity index (χ4v) is 2.72. The Balaban J connectivity index is 2.30. The van der Waals surface area contributed by atoms with Gasteiger partial charge in [-0.25, -0.2) is 0 Å². The minimum absolute atomic E-state index is 0.367. The van der Waals surface area contributed by atoms with Gasteiger partial charge < -0.3 is 19.5 Å². The van der Waals surface area contributed by atoms with Crippen molar-refractivity contribution in [3.8, 4) is 11.5 Å². The first-order valence-corrected chi connectivity index (χ1v) is 6.65. The Morgan fingerprint density at radius 1 is 1.26 bits per heavy atom. The Bertz CT molecular complexity index is 449. The van der Waals surface area contributed by atoms with Gasteiger partial charge in [0.1, 0.15) is 0 Å². The topological polar surface area (TPSA) is 41.9 Å². The summed E-state index contributed by atoms with van der Waals surface area (Å²) in [6.45, 7) is 3.04. The maximum absolute atomic E-state index is 10.9. The lowest BCUT2D eigenvalue weighted by Gasteiger charge is -2.41. The molecule has 0 amide bonds. The van der Waals surface area contributed by atoms with Gasteiger partial charge in [-0.1, -0.05) is 6.07 Å². The van der Waals surface area contributed by atoms with Crippen molar-refractivity contribution in [1.82, 2.24) is 4.90 Å². The van der Waals surface area contributed by atoms with E-state index in [4.69, 9.17) is 9.47 Å². The average molecular weight is 265 g/mol. The molecule has 2 rings (SSSR count).